The molecule has 2 heterocycles. The van der Waals surface area contributed by atoms with Gasteiger partial charge in [-0.1, -0.05) is 6.92 Å². The number of likely N-dealkylation sites (tertiary alicyclic amines) is 1. The van der Waals surface area contributed by atoms with Crippen LogP contribution in [0.5, 0.6) is 0 Å². The predicted octanol–water partition coefficient (Wildman–Crippen LogP) is 3.63. The summed E-state index contributed by atoms with van der Waals surface area (Å²) in [7, 11) is 0. The Labute approximate surface area is 126 Å². The van der Waals surface area contributed by atoms with Crippen molar-refractivity contribution < 1.29 is 4.42 Å². The molecule has 0 atom stereocenters. The van der Waals surface area contributed by atoms with Crippen LogP contribution in [0.2, 0.25) is 0 Å². The fourth-order valence-corrected chi connectivity index (χ4v) is 2.94. The number of hydrogen-bond acceptors (Lipinski definition) is 4. The van der Waals surface area contributed by atoms with Gasteiger partial charge in [0.05, 0.1) is 6.20 Å². The van der Waals surface area contributed by atoms with Gasteiger partial charge in [0.15, 0.2) is 12.2 Å². The normalized spacial score (nSPS) is 17.0. The van der Waals surface area contributed by atoms with Crippen LogP contribution in [-0.4, -0.2) is 35.6 Å². The fraction of sp³-hybridized carbons (Fsp3) is 0.471. The average molecular weight is 285 g/mol. The van der Waals surface area contributed by atoms with Gasteiger partial charge in [0.1, 0.15) is 0 Å². The molecule has 1 aliphatic rings. The average Bonchev–Trinajstić information content (AvgIpc) is 3.05. The number of hydrogen-bond donors (Lipinski definition) is 1. The Morgan fingerprint density at radius 3 is 2.62 bits per heavy atom. The second-order valence-electron chi connectivity index (χ2n) is 5.70. The van der Waals surface area contributed by atoms with Gasteiger partial charge in [0.25, 0.3) is 0 Å². The molecule has 112 valence electrons. The topological polar surface area (TPSA) is 41.3 Å². The lowest BCUT2D eigenvalue weighted by Crippen LogP contribution is -2.39. The molecule has 1 aromatic carbocycles. The molecule has 1 aromatic heterocycles. The largest absolute Gasteiger partial charge is 0.444 e. The van der Waals surface area contributed by atoms with Crippen LogP contribution in [0.1, 0.15) is 26.2 Å². The quantitative estimate of drug-likeness (QED) is 0.911. The molecule has 0 spiro atoms. The molecule has 4 nitrogen and oxygen atoms in total. The number of oxazole rings is 1. The van der Waals surface area contributed by atoms with Gasteiger partial charge in [-0.3, -0.25) is 0 Å². The Balaban J connectivity index is 1.54. The van der Waals surface area contributed by atoms with Crippen LogP contribution < -0.4 is 5.32 Å². The fourth-order valence-electron chi connectivity index (χ4n) is 2.94. The number of rotatable bonds is 5. The smallest absolute Gasteiger partial charge is 0.181 e. The second-order valence-corrected chi connectivity index (χ2v) is 5.70. The summed E-state index contributed by atoms with van der Waals surface area (Å²) in [5.74, 6) is 0.814. The van der Waals surface area contributed by atoms with Gasteiger partial charge < -0.3 is 14.6 Å². The maximum Gasteiger partial charge on any atom is 0.181 e. The Hall–Kier alpha value is -1.81. The lowest BCUT2D eigenvalue weighted by molar-refractivity contribution is 0.219. The van der Waals surface area contributed by atoms with E-state index in [0.29, 0.717) is 6.04 Å². The van der Waals surface area contributed by atoms with Crippen molar-refractivity contribution in [1.82, 2.24) is 9.88 Å². The SMILES string of the molecule is CCCN1CCC(Nc2ccc(-c3cnco3)cc2)CC1. The number of piperidine rings is 1. The highest BCUT2D eigenvalue weighted by atomic mass is 16.3. The summed E-state index contributed by atoms with van der Waals surface area (Å²) >= 11 is 0. The number of anilines is 1. The van der Waals surface area contributed by atoms with E-state index in [0.717, 1.165) is 11.3 Å². The molecule has 0 unspecified atom stereocenters. The van der Waals surface area contributed by atoms with E-state index in [2.05, 4.69) is 46.4 Å². The molecule has 0 aliphatic carbocycles. The summed E-state index contributed by atoms with van der Waals surface area (Å²) in [5, 5.41) is 3.64. The molecular weight excluding hydrogens is 262 g/mol. The van der Waals surface area contributed by atoms with Gasteiger partial charge >= 0.3 is 0 Å². The molecular formula is C17H23N3O. The van der Waals surface area contributed by atoms with Gasteiger partial charge in [-0.15, -0.1) is 0 Å². The van der Waals surface area contributed by atoms with E-state index in [-0.39, 0.29) is 0 Å². The predicted molar refractivity (Wildman–Crippen MR) is 85.3 cm³/mol. The van der Waals surface area contributed by atoms with E-state index in [1.807, 2.05) is 0 Å². The zero-order chi connectivity index (χ0) is 14.5. The van der Waals surface area contributed by atoms with Crippen molar-refractivity contribution in [3.8, 4) is 11.3 Å². The van der Waals surface area contributed by atoms with Crippen molar-refractivity contribution in [2.75, 3.05) is 25.0 Å². The highest BCUT2D eigenvalue weighted by Gasteiger charge is 2.18. The minimum absolute atomic E-state index is 0.592. The molecule has 1 fully saturated rings. The molecule has 3 rings (SSSR count). The molecule has 4 heteroatoms. The number of aromatic nitrogens is 1. The van der Waals surface area contributed by atoms with Crippen molar-refractivity contribution in [1.29, 1.82) is 0 Å². The maximum atomic E-state index is 5.31. The van der Waals surface area contributed by atoms with Crippen LogP contribution in [0.15, 0.2) is 41.3 Å². The van der Waals surface area contributed by atoms with E-state index in [9.17, 15) is 0 Å². The van der Waals surface area contributed by atoms with Crippen LogP contribution in [0.3, 0.4) is 0 Å². The number of benzene rings is 1. The lowest BCUT2D eigenvalue weighted by Gasteiger charge is -2.32. The first-order valence-electron chi connectivity index (χ1n) is 7.83. The van der Waals surface area contributed by atoms with Gasteiger partial charge in [0.2, 0.25) is 0 Å². The molecule has 0 saturated carbocycles. The Morgan fingerprint density at radius 1 is 1.24 bits per heavy atom. The summed E-state index contributed by atoms with van der Waals surface area (Å²) in [6.07, 6.45) is 6.91. The minimum Gasteiger partial charge on any atom is -0.444 e. The van der Waals surface area contributed by atoms with Crippen LogP contribution in [0.4, 0.5) is 5.69 Å². The Kier molecular flexibility index (Phi) is 4.55. The summed E-state index contributed by atoms with van der Waals surface area (Å²) in [4.78, 5) is 6.51. The first-order valence-corrected chi connectivity index (χ1v) is 7.83. The monoisotopic (exact) mass is 285 g/mol. The van der Waals surface area contributed by atoms with Crippen LogP contribution >= 0.6 is 0 Å². The standard InChI is InChI=1S/C17H23N3O/c1-2-9-20-10-7-16(8-11-20)19-15-5-3-14(4-6-15)17-12-18-13-21-17/h3-6,12-13,16,19H,2,7-11H2,1H3. The number of nitrogens with zero attached hydrogens (tertiary/aromatic N) is 2. The van der Waals surface area contributed by atoms with E-state index < -0.39 is 0 Å². The lowest BCUT2D eigenvalue weighted by atomic mass is 10.0. The van der Waals surface area contributed by atoms with Crippen molar-refractivity contribution in [3.05, 3.63) is 36.9 Å². The molecule has 1 saturated heterocycles. The first kappa shape index (κ1) is 14.1. The number of nitrogens with one attached hydrogen (secondary N) is 1. The minimum atomic E-state index is 0.592. The summed E-state index contributed by atoms with van der Waals surface area (Å²) in [6.45, 7) is 5.91. The first-order chi connectivity index (χ1) is 10.3. The second kappa shape index (κ2) is 6.76. The third kappa shape index (κ3) is 3.64. The van der Waals surface area contributed by atoms with Gasteiger partial charge in [-0.2, -0.15) is 0 Å². The van der Waals surface area contributed by atoms with E-state index in [4.69, 9.17) is 4.42 Å². The highest BCUT2D eigenvalue weighted by Crippen LogP contribution is 2.22. The van der Waals surface area contributed by atoms with Crippen LogP contribution in [0, 0.1) is 0 Å². The molecule has 1 aliphatic heterocycles. The maximum absolute atomic E-state index is 5.31. The van der Waals surface area contributed by atoms with Crippen molar-refractivity contribution in [2.45, 2.75) is 32.2 Å². The zero-order valence-electron chi connectivity index (χ0n) is 12.6. The summed E-state index contributed by atoms with van der Waals surface area (Å²) in [6, 6.07) is 8.99. The third-order valence-corrected chi connectivity index (χ3v) is 4.10. The molecule has 21 heavy (non-hydrogen) atoms. The van der Waals surface area contributed by atoms with Crippen LogP contribution in [0.25, 0.3) is 11.3 Å². The van der Waals surface area contributed by atoms with Gasteiger partial charge in [-0.25, -0.2) is 4.98 Å². The van der Waals surface area contributed by atoms with Crippen molar-refractivity contribution >= 4 is 5.69 Å². The molecule has 0 bridgehead atoms. The zero-order valence-corrected chi connectivity index (χ0v) is 12.6. The Morgan fingerprint density at radius 2 is 2.00 bits per heavy atom. The third-order valence-electron chi connectivity index (χ3n) is 4.10. The van der Waals surface area contributed by atoms with Gasteiger partial charge in [-0.05, 0) is 50.1 Å². The summed E-state index contributed by atoms with van der Waals surface area (Å²) in [5.41, 5.74) is 2.25. The van der Waals surface area contributed by atoms with E-state index >= 15 is 0 Å². The van der Waals surface area contributed by atoms with Gasteiger partial charge in [0, 0.05) is 30.4 Å². The molecule has 0 radical (unpaired) electrons. The molecule has 0 amide bonds. The van der Waals surface area contributed by atoms with Crippen molar-refractivity contribution in [2.24, 2.45) is 0 Å². The van der Waals surface area contributed by atoms with Crippen LogP contribution in [-0.2, 0) is 0 Å². The van der Waals surface area contributed by atoms with E-state index in [1.165, 1.54) is 51.0 Å². The molecule has 2 aromatic rings. The Bertz CT molecular complexity index is 528. The van der Waals surface area contributed by atoms with Crippen molar-refractivity contribution in [3.63, 3.8) is 0 Å². The summed E-state index contributed by atoms with van der Waals surface area (Å²) < 4.78 is 5.31. The highest BCUT2D eigenvalue weighted by molar-refractivity contribution is 5.60. The van der Waals surface area contributed by atoms with E-state index in [1.54, 1.807) is 6.20 Å². The molecule has 1 N–H and O–H groups in total.